The molecule has 4 nitrogen and oxygen atoms in total. The first-order valence-corrected chi connectivity index (χ1v) is 6.97. The smallest absolute Gasteiger partial charge is 0.124 e. The fourth-order valence-electron chi connectivity index (χ4n) is 2.57. The molecule has 1 aliphatic heterocycles. The van der Waals surface area contributed by atoms with Crippen LogP contribution in [0.5, 0.6) is 5.75 Å². The maximum absolute atomic E-state index is 6.30. The van der Waals surface area contributed by atoms with Crippen molar-refractivity contribution in [1.82, 2.24) is 9.80 Å². The number of benzene rings is 1. The lowest BCUT2D eigenvalue weighted by Crippen LogP contribution is -2.54. The number of rotatable bonds is 4. The lowest BCUT2D eigenvalue weighted by Gasteiger charge is -2.39. The second-order valence-electron chi connectivity index (χ2n) is 5.04. The van der Waals surface area contributed by atoms with E-state index in [-0.39, 0.29) is 0 Å². The average Bonchev–Trinajstić information content (AvgIpc) is 2.42. The van der Waals surface area contributed by atoms with Gasteiger partial charge in [0.25, 0.3) is 0 Å². The van der Waals surface area contributed by atoms with E-state index in [0.29, 0.717) is 12.6 Å². The van der Waals surface area contributed by atoms with Crippen molar-refractivity contribution >= 4 is 11.6 Å². The minimum atomic E-state index is 0.375. The van der Waals surface area contributed by atoms with E-state index in [1.54, 1.807) is 7.11 Å². The summed E-state index contributed by atoms with van der Waals surface area (Å²) in [4.78, 5) is 4.71. The van der Waals surface area contributed by atoms with Gasteiger partial charge >= 0.3 is 0 Å². The number of halogens is 1. The number of likely N-dealkylation sites (N-methyl/N-ethyl adjacent to an activating group) is 1. The summed E-state index contributed by atoms with van der Waals surface area (Å²) in [6.45, 7) is 4.52. The van der Waals surface area contributed by atoms with Gasteiger partial charge in [0.05, 0.1) is 7.11 Å². The zero-order chi connectivity index (χ0) is 13.8. The Morgan fingerprint density at radius 2 is 2.21 bits per heavy atom. The third-order valence-corrected chi connectivity index (χ3v) is 4.09. The molecule has 0 saturated carbocycles. The molecule has 19 heavy (non-hydrogen) atoms. The van der Waals surface area contributed by atoms with E-state index in [0.717, 1.165) is 42.5 Å². The minimum absolute atomic E-state index is 0.375. The number of ether oxygens (including phenoxy) is 1. The molecule has 1 heterocycles. The van der Waals surface area contributed by atoms with Crippen LogP contribution >= 0.6 is 11.6 Å². The monoisotopic (exact) mass is 283 g/mol. The molecule has 1 saturated heterocycles. The highest BCUT2D eigenvalue weighted by atomic mass is 35.5. The lowest BCUT2D eigenvalue weighted by molar-refractivity contribution is 0.0874. The van der Waals surface area contributed by atoms with E-state index in [9.17, 15) is 0 Å². The van der Waals surface area contributed by atoms with Gasteiger partial charge in [-0.1, -0.05) is 17.7 Å². The lowest BCUT2D eigenvalue weighted by atomic mass is 10.1. The molecular formula is C14H22ClN3O. The summed E-state index contributed by atoms with van der Waals surface area (Å²) in [5.41, 5.74) is 6.94. The summed E-state index contributed by atoms with van der Waals surface area (Å²) in [5, 5.41) is 0.758. The largest absolute Gasteiger partial charge is 0.496 e. The maximum atomic E-state index is 6.30. The van der Waals surface area contributed by atoms with E-state index in [1.807, 2.05) is 18.2 Å². The molecule has 1 aliphatic rings. The maximum Gasteiger partial charge on any atom is 0.124 e. The van der Waals surface area contributed by atoms with Crippen molar-refractivity contribution in [3.8, 4) is 5.75 Å². The van der Waals surface area contributed by atoms with Gasteiger partial charge < -0.3 is 15.4 Å². The number of hydrogen-bond acceptors (Lipinski definition) is 4. The summed E-state index contributed by atoms with van der Waals surface area (Å²) < 4.78 is 5.40. The Morgan fingerprint density at radius 3 is 2.89 bits per heavy atom. The van der Waals surface area contributed by atoms with Crippen molar-refractivity contribution in [2.45, 2.75) is 12.6 Å². The molecule has 0 radical (unpaired) electrons. The molecule has 5 heteroatoms. The molecule has 1 unspecified atom stereocenters. The minimum Gasteiger partial charge on any atom is -0.496 e. The van der Waals surface area contributed by atoms with Crippen molar-refractivity contribution in [1.29, 1.82) is 0 Å². The van der Waals surface area contributed by atoms with Gasteiger partial charge in [0.1, 0.15) is 5.75 Å². The van der Waals surface area contributed by atoms with Crippen molar-refractivity contribution in [3.63, 3.8) is 0 Å². The predicted octanol–water partition coefficient (Wildman–Crippen LogP) is 1.42. The molecule has 0 aliphatic carbocycles. The van der Waals surface area contributed by atoms with Gasteiger partial charge in [0.15, 0.2) is 0 Å². The Labute approximate surface area is 120 Å². The topological polar surface area (TPSA) is 41.7 Å². The van der Waals surface area contributed by atoms with Crippen LogP contribution in [0.15, 0.2) is 18.2 Å². The summed E-state index contributed by atoms with van der Waals surface area (Å²) in [7, 11) is 3.82. The van der Waals surface area contributed by atoms with Gasteiger partial charge in [-0.15, -0.1) is 0 Å². The Hall–Kier alpha value is -0.810. The van der Waals surface area contributed by atoms with Crippen LogP contribution < -0.4 is 10.5 Å². The number of nitrogens with two attached hydrogens (primary N) is 1. The second kappa shape index (κ2) is 6.57. The first-order valence-electron chi connectivity index (χ1n) is 6.59. The van der Waals surface area contributed by atoms with Crippen LogP contribution in [0.2, 0.25) is 5.02 Å². The fraction of sp³-hybridized carbons (Fsp3) is 0.571. The summed E-state index contributed by atoms with van der Waals surface area (Å²) >= 11 is 6.30. The zero-order valence-electron chi connectivity index (χ0n) is 11.6. The van der Waals surface area contributed by atoms with Crippen molar-refractivity contribution < 1.29 is 4.74 Å². The molecule has 2 N–H and O–H groups in total. The molecule has 1 aromatic rings. The summed E-state index contributed by atoms with van der Waals surface area (Å²) in [5.74, 6) is 0.849. The molecular weight excluding hydrogens is 262 g/mol. The highest BCUT2D eigenvalue weighted by Gasteiger charge is 2.25. The summed E-state index contributed by atoms with van der Waals surface area (Å²) in [6.07, 6.45) is 0. The van der Waals surface area contributed by atoms with Gasteiger partial charge in [-0.05, 0) is 19.2 Å². The highest BCUT2D eigenvalue weighted by Crippen LogP contribution is 2.28. The molecule has 1 fully saturated rings. The first kappa shape index (κ1) is 14.6. The SMILES string of the molecule is COc1cccc(Cl)c1CN1CCN(C)CC1CN. The van der Waals surface area contributed by atoms with E-state index >= 15 is 0 Å². The van der Waals surface area contributed by atoms with E-state index in [1.165, 1.54) is 0 Å². The van der Waals surface area contributed by atoms with Crippen LogP contribution in [0.3, 0.4) is 0 Å². The highest BCUT2D eigenvalue weighted by molar-refractivity contribution is 6.31. The first-order chi connectivity index (χ1) is 9.15. The van der Waals surface area contributed by atoms with Crippen LogP contribution in [0.1, 0.15) is 5.56 Å². The zero-order valence-corrected chi connectivity index (χ0v) is 12.4. The summed E-state index contributed by atoms with van der Waals surface area (Å²) in [6, 6.07) is 6.15. The number of methoxy groups -OCH3 is 1. The normalized spacial score (nSPS) is 21.6. The van der Waals surface area contributed by atoms with Crippen LogP contribution in [0.25, 0.3) is 0 Å². The number of piperazine rings is 1. The van der Waals surface area contributed by atoms with Crippen molar-refractivity contribution in [3.05, 3.63) is 28.8 Å². The average molecular weight is 284 g/mol. The Morgan fingerprint density at radius 1 is 1.42 bits per heavy atom. The molecule has 0 bridgehead atoms. The molecule has 0 amide bonds. The molecule has 0 aromatic heterocycles. The Bertz CT molecular complexity index is 427. The third-order valence-electron chi connectivity index (χ3n) is 3.74. The third kappa shape index (κ3) is 3.39. The van der Waals surface area contributed by atoms with Gasteiger partial charge in [-0.2, -0.15) is 0 Å². The van der Waals surface area contributed by atoms with Crippen molar-refractivity contribution in [2.24, 2.45) is 5.73 Å². The van der Waals surface area contributed by atoms with Crippen LogP contribution in [0.4, 0.5) is 0 Å². The quantitative estimate of drug-likeness (QED) is 0.908. The van der Waals surface area contributed by atoms with Gasteiger partial charge in [0, 0.05) is 49.4 Å². The van der Waals surface area contributed by atoms with Crippen molar-refractivity contribution in [2.75, 3.05) is 40.3 Å². The predicted molar refractivity (Wildman–Crippen MR) is 78.8 cm³/mol. The van der Waals surface area contributed by atoms with Crippen LogP contribution in [-0.4, -0.2) is 56.2 Å². The molecule has 1 aromatic carbocycles. The second-order valence-corrected chi connectivity index (χ2v) is 5.45. The van der Waals surface area contributed by atoms with Crippen LogP contribution in [0, 0.1) is 0 Å². The van der Waals surface area contributed by atoms with E-state index < -0.39 is 0 Å². The van der Waals surface area contributed by atoms with Gasteiger partial charge in [-0.3, -0.25) is 4.90 Å². The van der Waals surface area contributed by atoms with Gasteiger partial charge in [-0.25, -0.2) is 0 Å². The fourth-order valence-corrected chi connectivity index (χ4v) is 2.79. The molecule has 106 valence electrons. The number of nitrogens with zero attached hydrogens (tertiary/aromatic N) is 2. The Kier molecular flexibility index (Phi) is 5.05. The van der Waals surface area contributed by atoms with Gasteiger partial charge in [0.2, 0.25) is 0 Å². The molecule has 2 rings (SSSR count). The van der Waals surface area contributed by atoms with E-state index in [2.05, 4.69) is 16.8 Å². The molecule has 1 atom stereocenters. The van der Waals surface area contributed by atoms with Crippen LogP contribution in [-0.2, 0) is 6.54 Å². The standard InChI is InChI=1S/C14H22ClN3O/c1-17-6-7-18(11(8-16)9-17)10-12-13(15)4-3-5-14(12)19-2/h3-5,11H,6-10,16H2,1-2H3. The molecule has 0 spiro atoms. The van der Waals surface area contributed by atoms with E-state index in [4.69, 9.17) is 22.1 Å². The Balaban J connectivity index is 2.16. The number of hydrogen-bond donors (Lipinski definition) is 1.